The molecule has 6 nitrogen and oxygen atoms in total. The molecule has 0 aromatic heterocycles. The van der Waals surface area contributed by atoms with Crippen molar-refractivity contribution in [2.45, 2.75) is 6.42 Å². The van der Waals surface area contributed by atoms with Crippen LogP contribution in [0.25, 0.3) is 0 Å². The number of nitrogens with one attached hydrogen (secondary N) is 1. The number of hydrogen-bond donors (Lipinski definition) is 2. The van der Waals surface area contributed by atoms with Crippen LogP contribution < -0.4 is 14.9 Å². The van der Waals surface area contributed by atoms with Crippen molar-refractivity contribution in [3.8, 4) is 17.2 Å². The van der Waals surface area contributed by atoms with Gasteiger partial charge in [0.25, 0.3) is 0 Å². The molecule has 0 aliphatic heterocycles. The Morgan fingerprint density at radius 3 is 2.54 bits per heavy atom. The van der Waals surface area contributed by atoms with Crippen molar-refractivity contribution in [1.29, 1.82) is 0 Å². The summed E-state index contributed by atoms with van der Waals surface area (Å²) in [6.07, 6.45) is 1.58. The zero-order chi connectivity index (χ0) is 17.5. The number of rotatable bonds is 6. The fraction of sp³-hybridized carbons (Fsp3) is 0.176. The van der Waals surface area contributed by atoms with E-state index in [0.717, 1.165) is 5.56 Å². The largest absolute Gasteiger partial charge is 0.508 e. The molecule has 0 fully saturated rings. The highest BCUT2D eigenvalue weighted by Gasteiger charge is 2.11. The topological polar surface area (TPSA) is 80.2 Å². The van der Waals surface area contributed by atoms with Crippen LogP contribution in [0, 0.1) is 0 Å². The Bertz CT molecular complexity index is 745. The highest BCUT2D eigenvalue weighted by molar-refractivity contribution is 6.34. The number of carbonyl (C=O) groups excluding carboxylic acids is 1. The summed E-state index contributed by atoms with van der Waals surface area (Å²) in [6, 6.07) is 9.79. The summed E-state index contributed by atoms with van der Waals surface area (Å²) in [4.78, 5) is 11.8. The van der Waals surface area contributed by atoms with Gasteiger partial charge in [0.1, 0.15) is 5.75 Å². The van der Waals surface area contributed by atoms with Gasteiger partial charge in [-0.3, -0.25) is 4.79 Å². The average Bonchev–Trinajstić information content (AvgIpc) is 2.58. The third-order valence-corrected chi connectivity index (χ3v) is 3.60. The SMILES string of the molecule is COc1ccc(/C=N\NC(=O)Cc2ccc(O)cc2)c(Cl)c1OC. The summed E-state index contributed by atoms with van der Waals surface area (Å²) in [5.41, 5.74) is 3.78. The number of halogens is 1. The second kappa shape index (κ2) is 8.21. The molecular formula is C17H17ClN2O4. The summed E-state index contributed by atoms with van der Waals surface area (Å²) in [6.45, 7) is 0. The van der Waals surface area contributed by atoms with Crippen molar-refractivity contribution in [3.63, 3.8) is 0 Å². The molecule has 0 heterocycles. The average molecular weight is 349 g/mol. The smallest absolute Gasteiger partial charge is 0.244 e. The normalized spacial score (nSPS) is 10.6. The molecule has 2 aromatic rings. The first-order valence-electron chi connectivity index (χ1n) is 7.05. The molecule has 2 aromatic carbocycles. The predicted octanol–water partition coefficient (Wildman–Crippen LogP) is 2.76. The van der Waals surface area contributed by atoms with Crippen molar-refractivity contribution in [1.82, 2.24) is 5.43 Å². The summed E-state index contributed by atoms with van der Waals surface area (Å²) in [7, 11) is 3.01. The minimum atomic E-state index is -0.284. The molecule has 0 radical (unpaired) electrons. The predicted molar refractivity (Wildman–Crippen MR) is 92.1 cm³/mol. The van der Waals surface area contributed by atoms with Gasteiger partial charge in [0.2, 0.25) is 5.91 Å². The Morgan fingerprint density at radius 1 is 1.21 bits per heavy atom. The zero-order valence-corrected chi connectivity index (χ0v) is 14.0. The molecule has 0 bridgehead atoms. The Hall–Kier alpha value is -2.73. The van der Waals surface area contributed by atoms with Crippen molar-refractivity contribution in [2.24, 2.45) is 5.10 Å². The molecule has 0 aliphatic rings. The third-order valence-electron chi connectivity index (χ3n) is 3.21. The zero-order valence-electron chi connectivity index (χ0n) is 13.2. The Kier molecular flexibility index (Phi) is 6.03. The van der Waals surface area contributed by atoms with Gasteiger partial charge in [-0.2, -0.15) is 5.10 Å². The first kappa shape index (κ1) is 17.6. The van der Waals surface area contributed by atoms with Crippen LogP contribution in [0.2, 0.25) is 5.02 Å². The van der Waals surface area contributed by atoms with Crippen LogP contribution in [0.15, 0.2) is 41.5 Å². The van der Waals surface area contributed by atoms with Crippen molar-refractivity contribution in [2.75, 3.05) is 14.2 Å². The van der Waals surface area contributed by atoms with Gasteiger partial charge in [-0.05, 0) is 29.8 Å². The molecule has 126 valence electrons. The maximum Gasteiger partial charge on any atom is 0.244 e. The molecule has 2 N–H and O–H groups in total. The first-order valence-corrected chi connectivity index (χ1v) is 7.43. The number of hydrazone groups is 1. The highest BCUT2D eigenvalue weighted by Crippen LogP contribution is 2.36. The van der Waals surface area contributed by atoms with Crippen molar-refractivity contribution < 1.29 is 19.4 Å². The fourth-order valence-electron chi connectivity index (χ4n) is 2.02. The highest BCUT2D eigenvalue weighted by atomic mass is 35.5. The van der Waals surface area contributed by atoms with E-state index in [0.29, 0.717) is 22.1 Å². The Balaban J connectivity index is 2.01. The lowest BCUT2D eigenvalue weighted by Crippen LogP contribution is -2.19. The monoisotopic (exact) mass is 348 g/mol. The molecule has 0 aliphatic carbocycles. The molecule has 0 spiro atoms. The van der Waals surface area contributed by atoms with Gasteiger partial charge in [0.05, 0.1) is 31.9 Å². The number of nitrogens with zero attached hydrogens (tertiary/aromatic N) is 1. The molecule has 2 rings (SSSR count). The second-order valence-electron chi connectivity index (χ2n) is 4.84. The van der Waals surface area contributed by atoms with Crippen LogP contribution in [0.1, 0.15) is 11.1 Å². The van der Waals surface area contributed by atoms with E-state index in [2.05, 4.69) is 10.5 Å². The molecule has 1 amide bonds. The standard InChI is InChI=1S/C17H17ClN2O4/c1-23-14-8-5-12(16(18)17(14)24-2)10-19-20-15(22)9-11-3-6-13(21)7-4-11/h3-8,10,21H,9H2,1-2H3,(H,20,22)/b19-10-. The number of phenols is 1. The van der Waals surface area contributed by atoms with Crippen LogP contribution in [0.5, 0.6) is 17.2 Å². The van der Waals surface area contributed by atoms with E-state index in [4.69, 9.17) is 21.1 Å². The number of amides is 1. The van der Waals surface area contributed by atoms with Gasteiger partial charge < -0.3 is 14.6 Å². The lowest BCUT2D eigenvalue weighted by molar-refractivity contribution is -0.120. The lowest BCUT2D eigenvalue weighted by Gasteiger charge is -2.10. The van der Waals surface area contributed by atoms with E-state index >= 15 is 0 Å². The number of carbonyl (C=O) groups is 1. The summed E-state index contributed by atoms with van der Waals surface area (Å²) in [5.74, 6) is 0.781. The minimum absolute atomic E-state index is 0.150. The molecule has 7 heteroatoms. The van der Waals surface area contributed by atoms with Crippen LogP contribution in [-0.2, 0) is 11.2 Å². The van der Waals surface area contributed by atoms with E-state index in [1.54, 1.807) is 24.3 Å². The maximum absolute atomic E-state index is 11.8. The molecular weight excluding hydrogens is 332 g/mol. The van der Waals surface area contributed by atoms with Gasteiger partial charge in [-0.15, -0.1) is 0 Å². The Morgan fingerprint density at radius 2 is 1.92 bits per heavy atom. The quantitative estimate of drug-likeness (QED) is 0.621. The van der Waals surface area contributed by atoms with Crippen LogP contribution in [0.4, 0.5) is 0 Å². The molecule has 0 saturated heterocycles. The van der Waals surface area contributed by atoms with Gasteiger partial charge >= 0.3 is 0 Å². The van der Waals surface area contributed by atoms with Crippen molar-refractivity contribution in [3.05, 3.63) is 52.5 Å². The van der Waals surface area contributed by atoms with Crippen LogP contribution in [0.3, 0.4) is 0 Å². The van der Waals surface area contributed by atoms with E-state index in [1.165, 1.54) is 32.6 Å². The van der Waals surface area contributed by atoms with E-state index < -0.39 is 0 Å². The minimum Gasteiger partial charge on any atom is -0.508 e. The molecule has 0 atom stereocenters. The number of ether oxygens (including phenoxy) is 2. The van der Waals surface area contributed by atoms with Gasteiger partial charge in [-0.25, -0.2) is 5.43 Å². The lowest BCUT2D eigenvalue weighted by atomic mass is 10.1. The number of methoxy groups -OCH3 is 2. The van der Waals surface area contributed by atoms with Gasteiger partial charge in [0, 0.05) is 5.56 Å². The summed E-state index contributed by atoms with van der Waals surface area (Å²) >= 11 is 6.22. The number of hydrogen-bond acceptors (Lipinski definition) is 5. The third kappa shape index (κ3) is 4.39. The Labute approximate surface area is 144 Å². The van der Waals surface area contributed by atoms with Crippen LogP contribution in [-0.4, -0.2) is 31.4 Å². The maximum atomic E-state index is 11.8. The van der Waals surface area contributed by atoms with E-state index in [-0.39, 0.29) is 18.1 Å². The van der Waals surface area contributed by atoms with E-state index in [9.17, 15) is 9.90 Å². The molecule has 0 unspecified atom stereocenters. The van der Waals surface area contributed by atoms with E-state index in [1.807, 2.05) is 0 Å². The summed E-state index contributed by atoms with van der Waals surface area (Å²) < 4.78 is 10.3. The molecule has 24 heavy (non-hydrogen) atoms. The van der Waals surface area contributed by atoms with Gasteiger partial charge in [0.15, 0.2) is 11.5 Å². The van der Waals surface area contributed by atoms with Gasteiger partial charge in [-0.1, -0.05) is 23.7 Å². The second-order valence-corrected chi connectivity index (χ2v) is 5.22. The fourth-order valence-corrected chi connectivity index (χ4v) is 2.30. The summed E-state index contributed by atoms with van der Waals surface area (Å²) in [5, 5.41) is 13.4. The number of benzene rings is 2. The number of aromatic hydroxyl groups is 1. The molecule has 0 saturated carbocycles. The van der Waals surface area contributed by atoms with Crippen LogP contribution >= 0.6 is 11.6 Å². The first-order chi connectivity index (χ1) is 11.5. The van der Waals surface area contributed by atoms with Crippen molar-refractivity contribution >= 4 is 23.7 Å². The number of phenolic OH excluding ortho intramolecular Hbond substituents is 1.